The van der Waals surface area contributed by atoms with E-state index in [1.54, 1.807) is 35.5 Å². The number of anilines is 1. The molecule has 0 atom stereocenters. The Hall–Kier alpha value is -2.76. The van der Waals surface area contributed by atoms with Crippen molar-refractivity contribution in [2.24, 2.45) is 0 Å². The van der Waals surface area contributed by atoms with Crippen LogP contribution in [-0.4, -0.2) is 29.1 Å². The Morgan fingerprint density at radius 2 is 1.82 bits per heavy atom. The van der Waals surface area contributed by atoms with E-state index in [9.17, 15) is 4.79 Å². The molecule has 2 heterocycles. The van der Waals surface area contributed by atoms with Crippen molar-refractivity contribution in [1.29, 1.82) is 0 Å². The topological polar surface area (TPSA) is 54.5 Å². The van der Waals surface area contributed by atoms with Gasteiger partial charge in [-0.3, -0.25) is 4.98 Å². The van der Waals surface area contributed by atoms with E-state index in [4.69, 9.17) is 27.9 Å². The minimum absolute atomic E-state index is 0.218. The second-order valence-electron chi connectivity index (χ2n) is 6.39. The molecule has 28 heavy (non-hydrogen) atoms. The number of carbonyl (C=O) groups is 1. The summed E-state index contributed by atoms with van der Waals surface area (Å²) in [5.74, 6) is 0.794. The Morgan fingerprint density at radius 1 is 1.00 bits per heavy atom. The number of nitrogens with zero attached hydrogens (tertiary/aromatic N) is 2. The standard InChI is InChI=1S/C21H17Cl2N3O2/c22-18-3-2-17(12-19(18)23)25-21(27)26-9-10-28-20-4-1-15(11-16(20)13-26)14-5-7-24-8-6-14/h1-8,11-12H,9-10,13H2,(H,25,27). The van der Waals surface area contributed by atoms with Crippen LogP contribution in [0.2, 0.25) is 10.0 Å². The van der Waals surface area contributed by atoms with Crippen molar-refractivity contribution < 1.29 is 9.53 Å². The highest BCUT2D eigenvalue weighted by atomic mass is 35.5. The van der Waals surface area contributed by atoms with Crippen LogP contribution in [0.3, 0.4) is 0 Å². The molecule has 142 valence electrons. The minimum Gasteiger partial charge on any atom is -0.491 e. The number of ether oxygens (including phenoxy) is 1. The summed E-state index contributed by atoms with van der Waals surface area (Å²) < 4.78 is 5.83. The Morgan fingerprint density at radius 3 is 2.61 bits per heavy atom. The van der Waals surface area contributed by atoms with Gasteiger partial charge in [0.2, 0.25) is 0 Å². The zero-order chi connectivity index (χ0) is 19.5. The van der Waals surface area contributed by atoms with Crippen molar-refractivity contribution in [3.05, 3.63) is 76.5 Å². The summed E-state index contributed by atoms with van der Waals surface area (Å²) in [6.45, 7) is 1.35. The first-order valence-electron chi connectivity index (χ1n) is 8.77. The van der Waals surface area contributed by atoms with E-state index in [-0.39, 0.29) is 6.03 Å². The fourth-order valence-corrected chi connectivity index (χ4v) is 3.37. The van der Waals surface area contributed by atoms with Crippen LogP contribution in [-0.2, 0) is 6.54 Å². The van der Waals surface area contributed by atoms with E-state index in [0.29, 0.717) is 35.4 Å². The number of hydrogen-bond acceptors (Lipinski definition) is 3. The van der Waals surface area contributed by atoms with Gasteiger partial charge in [-0.2, -0.15) is 0 Å². The molecular formula is C21H17Cl2N3O2. The van der Waals surface area contributed by atoms with Gasteiger partial charge in [-0.05, 0) is 53.6 Å². The van der Waals surface area contributed by atoms with E-state index >= 15 is 0 Å². The van der Waals surface area contributed by atoms with E-state index in [1.807, 2.05) is 24.3 Å². The van der Waals surface area contributed by atoms with Crippen LogP contribution in [0.25, 0.3) is 11.1 Å². The first kappa shape index (κ1) is 18.6. The monoisotopic (exact) mass is 413 g/mol. The molecule has 5 nitrogen and oxygen atoms in total. The van der Waals surface area contributed by atoms with E-state index < -0.39 is 0 Å². The summed E-state index contributed by atoms with van der Waals surface area (Å²) >= 11 is 12.0. The predicted octanol–water partition coefficient (Wildman–Crippen LogP) is 5.48. The molecule has 0 aliphatic carbocycles. The van der Waals surface area contributed by atoms with Crippen LogP contribution in [0.5, 0.6) is 5.75 Å². The molecule has 3 aromatic rings. The zero-order valence-electron chi connectivity index (χ0n) is 14.9. The lowest BCUT2D eigenvalue weighted by Crippen LogP contribution is -2.36. The third-order valence-electron chi connectivity index (χ3n) is 4.51. The lowest BCUT2D eigenvalue weighted by atomic mass is 10.0. The largest absolute Gasteiger partial charge is 0.491 e. The maximum Gasteiger partial charge on any atom is 0.322 e. The second kappa shape index (κ2) is 8.09. The summed E-state index contributed by atoms with van der Waals surface area (Å²) in [5, 5.41) is 3.70. The fourth-order valence-electron chi connectivity index (χ4n) is 3.07. The Bertz CT molecular complexity index is 1010. The highest BCUT2D eigenvalue weighted by Gasteiger charge is 2.20. The molecule has 1 aromatic heterocycles. The quantitative estimate of drug-likeness (QED) is 0.604. The number of aromatic nitrogens is 1. The Balaban J connectivity index is 1.55. The van der Waals surface area contributed by atoms with Gasteiger partial charge in [0.25, 0.3) is 0 Å². The van der Waals surface area contributed by atoms with Crippen LogP contribution < -0.4 is 10.1 Å². The number of urea groups is 1. The lowest BCUT2D eigenvalue weighted by molar-refractivity contribution is 0.200. The molecule has 1 aliphatic heterocycles. The van der Waals surface area contributed by atoms with Crippen LogP contribution in [0.4, 0.5) is 10.5 Å². The normalized spacial score (nSPS) is 13.3. The van der Waals surface area contributed by atoms with Gasteiger partial charge in [0, 0.05) is 23.6 Å². The van der Waals surface area contributed by atoms with Crippen molar-refractivity contribution in [2.45, 2.75) is 6.54 Å². The molecule has 0 spiro atoms. The fraction of sp³-hybridized carbons (Fsp3) is 0.143. The smallest absolute Gasteiger partial charge is 0.322 e. The number of halogens is 2. The number of amides is 2. The van der Waals surface area contributed by atoms with Crippen LogP contribution >= 0.6 is 23.2 Å². The summed E-state index contributed by atoms with van der Waals surface area (Å²) in [5.41, 5.74) is 3.66. The van der Waals surface area contributed by atoms with Gasteiger partial charge >= 0.3 is 6.03 Å². The molecule has 4 rings (SSSR count). The number of rotatable bonds is 2. The average molecular weight is 414 g/mol. The molecule has 0 saturated carbocycles. The highest BCUT2D eigenvalue weighted by Crippen LogP contribution is 2.30. The first-order chi connectivity index (χ1) is 13.6. The molecule has 7 heteroatoms. The molecule has 0 fully saturated rings. The van der Waals surface area contributed by atoms with Gasteiger partial charge in [-0.1, -0.05) is 29.3 Å². The molecule has 0 bridgehead atoms. The van der Waals surface area contributed by atoms with Crippen molar-refractivity contribution in [2.75, 3.05) is 18.5 Å². The average Bonchev–Trinajstić information content (AvgIpc) is 2.93. The van der Waals surface area contributed by atoms with Gasteiger partial charge < -0.3 is 15.0 Å². The van der Waals surface area contributed by atoms with Gasteiger partial charge in [-0.25, -0.2) is 4.79 Å². The SMILES string of the molecule is O=C(Nc1ccc(Cl)c(Cl)c1)N1CCOc2ccc(-c3ccncc3)cc2C1. The number of fused-ring (bicyclic) bond motifs is 1. The second-order valence-corrected chi connectivity index (χ2v) is 7.20. The highest BCUT2D eigenvalue weighted by molar-refractivity contribution is 6.42. The zero-order valence-corrected chi connectivity index (χ0v) is 16.4. The third kappa shape index (κ3) is 4.06. The summed E-state index contributed by atoms with van der Waals surface area (Å²) in [6, 6.07) is 14.7. The minimum atomic E-state index is -0.218. The van der Waals surface area contributed by atoms with E-state index in [1.165, 1.54) is 0 Å². The van der Waals surface area contributed by atoms with Crippen molar-refractivity contribution in [1.82, 2.24) is 9.88 Å². The molecule has 0 radical (unpaired) electrons. The van der Waals surface area contributed by atoms with E-state index in [0.717, 1.165) is 22.4 Å². The maximum atomic E-state index is 12.8. The van der Waals surface area contributed by atoms with Crippen molar-refractivity contribution in [3.63, 3.8) is 0 Å². The number of hydrogen-bond donors (Lipinski definition) is 1. The number of benzene rings is 2. The van der Waals surface area contributed by atoms with Crippen molar-refractivity contribution in [3.8, 4) is 16.9 Å². The molecule has 0 unspecified atom stereocenters. The molecular weight excluding hydrogens is 397 g/mol. The molecule has 2 amide bonds. The third-order valence-corrected chi connectivity index (χ3v) is 5.25. The first-order valence-corrected chi connectivity index (χ1v) is 9.53. The van der Waals surface area contributed by atoms with Gasteiger partial charge in [0.05, 0.1) is 23.1 Å². The summed E-state index contributed by atoms with van der Waals surface area (Å²) in [4.78, 5) is 18.5. The Kier molecular flexibility index (Phi) is 5.37. The molecule has 1 N–H and O–H groups in total. The van der Waals surface area contributed by atoms with E-state index in [2.05, 4.69) is 16.4 Å². The lowest BCUT2D eigenvalue weighted by Gasteiger charge is -2.20. The van der Waals surface area contributed by atoms with Gasteiger partial charge in [-0.15, -0.1) is 0 Å². The number of pyridine rings is 1. The molecule has 2 aromatic carbocycles. The maximum absolute atomic E-state index is 12.8. The predicted molar refractivity (Wildman–Crippen MR) is 111 cm³/mol. The Labute approximate surface area is 172 Å². The van der Waals surface area contributed by atoms with Crippen LogP contribution in [0.1, 0.15) is 5.56 Å². The summed E-state index contributed by atoms with van der Waals surface area (Å²) in [7, 11) is 0. The molecule has 1 aliphatic rings. The van der Waals surface area contributed by atoms with Gasteiger partial charge in [0.1, 0.15) is 12.4 Å². The van der Waals surface area contributed by atoms with Crippen LogP contribution in [0.15, 0.2) is 60.9 Å². The summed E-state index contributed by atoms with van der Waals surface area (Å²) in [6.07, 6.45) is 3.52. The van der Waals surface area contributed by atoms with Gasteiger partial charge in [0.15, 0.2) is 0 Å². The number of nitrogens with one attached hydrogen (secondary N) is 1. The van der Waals surface area contributed by atoms with Crippen LogP contribution in [0, 0.1) is 0 Å². The number of carbonyl (C=O) groups excluding carboxylic acids is 1. The van der Waals surface area contributed by atoms with Crippen molar-refractivity contribution >= 4 is 34.9 Å². The molecule has 0 saturated heterocycles.